The van der Waals surface area contributed by atoms with Crippen LogP contribution in [0.2, 0.25) is 0 Å². The van der Waals surface area contributed by atoms with Gasteiger partial charge in [0.2, 0.25) is 0 Å². The number of aromatic nitrogens is 2. The first-order valence-electron chi connectivity index (χ1n) is 7.68. The average molecular weight is 341 g/mol. The van der Waals surface area contributed by atoms with Gasteiger partial charge in [0, 0.05) is 6.07 Å². The van der Waals surface area contributed by atoms with Crippen LogP contribution in [0.4, 0.5) is 5.69 Å². The first kappa shape index (κ1) is 16.6. The Balaban J connectivity index is 1.93. The molecule has 0 spiro atoms. The number of hydrogen-bond acceptors (Lipinski definition) is 6. The van der Waals surface area contributed by atoms with Crippen molar-refractivity contribution < 1.29 is 14.2 Å². The molecule has 0 fully saturated rings. The second-order valence-electron chi connectivity index (χ2n) is 5.29. The van der Waals surface area contributed by atoms with Gasteiger partial charge in [0.05, 0.1) is 44.5 Å². The highest BCUT2D eigenvalue weighted by atomic mass is 16.5. The molecule has 2 N–H and O–H groups in total. The molecule has 1 heterocycles. The van der Waals surface area contributed by atoms with E-state index in [1.54, 1.807) is 26.4 Å². The summed E-state index contributed by atoms with van der Waals surface area (Å²) in [4.78, 5) is 19.6. The summed E-state index contributed by atoms with van der Waals surface area (Å²) in [6.07, 6.45) is 0. The van der Waals surface area contributed by atoms with Crippen molar-refractivity contribution in [3.05, 3.63) is 52.6 Å². The highest BCUT2D eigenvalue weighted by Gasteiger charge is 2.11. The van der Waals surface area contributed by atoms with E-state index in [2.05, 4.69) is 15.3 Å². The number of anilines is 1. The van der Waals surface area contributed by atoms with Crippen LogP contribution in [0.3, 0.4) is 0 Å². The lowest BCUT2D eigenvalue weighted by Gasteiger charge is -2.11. The Kier molecular flexibility index (Phi) is 4.74. The zero-order valence-corrected chi connectivity index (χ0v) is 14.3. The zero-order valence-electron chi connectivity index (χ0n) is 14.3. The van der Waals surface area contributed by atoms with Gasteiger partial charge in [-0.15, -0.1) is 0 Å². The summed E-state index contributed by atoms with van der Waals surface area (Å²) in [5, 5.41) is 3.65. The lowest BCUT2D eigenvalue weighted by atomic mass is 10.2. The molecule has 0 saturated carbocycles. The number of aromatic amines is 1. The van der Waals surface area contributed by atoms with Crippen molar-refractivity contribution >= 4 is 16.6 Å². The predicted molar refractivity (Wildman–Crippen MR) is 95.8 cm³/mol. The molecule has 0 unspecified atom stereocenters. The van der Waals surface area contributed by atoms with Crippen LogP contribution in [0.1, 0.15) is 5.82 Å². The van der Waals surface area contributed by atoms with E-state index < -0.39 is 0 Å². The molecule has 0 amide bonds. The maximum Gasteiger partial charge on any atom is 0.258 e. The minimum atomic E-state index is -0.234. The van der Waals surface area contributed by atoms with Crippen LogP contribution in [0, 0.1) is 0 Å². The molecular weight excluding hydrogens is 322 g/mol. The van der Waals surface area contributed by atoms with Gasteiger partial charge < -0.3 is 24.5 Å². The molecule has 7 nitrogen and oxygen atoms in total. The van der Waals surface area contributed by atoms with Crippen LogP contribution in [-0.4, -0.2) is 31.3 Å². The first-order valence-corrected chi connectivity index (χ1v) is 7.68. The van der Waals surface area contributed by atoms with Gasteiger partial charge in [-0.25, -0.2) is 4.98 Å². The number of nitrogens with zero attached hydrogens (tertiary/aromatic N) is 1. The minimum Gasteiger partial charge on any atom is -0.495 e. The van der Waals surface area contributed by atoms with Crippen molar-refractivity contribution in [2.45, 2.75) is 6.54 Å². The van der Waals surface area contributed by atoms with E-state index in [1.165, 1.54) is 7.11 Å². The van der Waals surface area contributed by atoms with E-state index in [4.69, 9.17) is 14.2 Å². The van der Waals surface area contributed by atoms with Crippen molar-refractivity contribution in [1.29, 1.82) is 0 Å². The molecule has 0 atom stereocenters. The molecule has 0 aliphatic heterocycles. The summed E-state index contributed by atoms with van der Waals surface area (Å²) < 4.78 is 15.8. The quantitative estimate of drug-likeness (QED) is 0.717. The fourth-order valence-electron chi connectivity index (χ4n) is 2.57. The van der Waals surface area contributed by atoms with E-state index in [0.717, 1.165) is 11.4 Å². The van der Waals surface area contributed by atoms with Gasteiger partial charge in [-0.3, -0.25) is 4.79 Å². The Hall–Kier alpha value is -3.22. The van der Waals surface area contributed by atoms with Crippen LogP contribution in [0.25, 0.3) is 10.9 Å². The molecule has 7 heteroatoms. The third kappa shape index (κ3) is 3.35. The molecule has 130 valence electrons. The predicted octanol–water partition coefficient (Wildman–Crippen LogP) is 2.56. The lowest BCUT2D eigenvalue weighted by Crippen LogP contribution is -2.15. The van der Waals surface area contributed by atoms with E-state index in [9.17, 15) is 4.79 Å². The zero-order chi connectivity index (χ0) is 17.8. The smallest absolute Gasteiger partial charge is 0.258 e. The molecule has 25 heavy (non-hydrogen) atoms. The summed E-state index contributed by atoms with van der Waals surface area (Å²) >= 11 is 0. The number of hydrogen-bond donors (Lipinski definition) is 2. The maximum atomic E-state index is 12.4. The summed E-state index contributed by atoms with van der Waals surface area (Å²) in [5.41, 5.74) is 1.13. The van der Waals surface area contributed by atoms with Gasteiger partial charge in [0.15, 0.2) is 11.5 Å². The number of nitrogens with one attached hydrogen (secondary N) is 2. The number of H-pyrrole nitrogens is 1. The Bertz CT molecular complexity index is 953. The molecule has 3 aromatic rings. The molecular formula is C18H19N3O4. The van der Waals surface area contributed by atoms with E-state index in [-0.39, 0.29) is 5.56 Å². The standard InChI is InChI=1S/C18H19N3O4/c1-23-14-7-5-4-6-12(14)19-10-17-20-13-9-16(25-3)15(24-2)8-11(13)18(22)21-17/h4-9,19H,10H2,1-3H3,(H,20,21,22). The first-order chi connectivity index (χ1) is 12.2. The lowest BCUT2D eigenvalue weighted by molar-refractivity contribution is 0.355. The Morgan fingerprint density at radius 2 is 1.68 bits per heavy atom. The molecule has 0 saturated heterocycles. The van der Waals surface area contributed by atoms with Crippen LogP contribution in [-0.2, 0) is 6.54 Å². The third-order valence-corrected chi connectivity index (χ3v) is 3.81. The van der Waals surface area contributed by atoms with E-state index in [1.807, 2.05) is 24.3 Å². The topological polar surface area (TPSA) is 85.5 Å². The van der Waals surface area contributed by atoms with Gasteiger partial charge in [0.25, 0.3) is 5.56 Å². The number of ether oxygens (including phenoxy) is 3. The number of para-hydroxylation sites is 2. The Morgan fingerprint density at radius 3 is 2.40 bits per heavy atom. The fourth-order valence-corrected chi connectivity index (χ4v) is 2.57. The van der Waals surface area contributed by atoms with Gasteiger partial charge in [-0.1, -0.05) is 12.1 Å². The van der Waals surface area contributed by atoms with Gasteiger partial charge >= 0.3 is 0 Å². The molecule has 1 aromatic heterocycles. The van der Waals surface area contributed by atoms with Crippen LogP contribution >= 0.6 is 0 Å². The number of methoxy groups -OCH3 is 3. The largest absolute Gasteiger partial charge is 0.495 e. The highest BCUT2D eigenvalue weighted by molar-refractivity contribution is 5.81. The summed E-state index contributed by atoms with van der Waals surface area (Å²) in [6, 6.07) is 10.9. The van der Waals surface area contributed by atoms with Crippen molar-refractivity contribution in [1.82, 2.24) is 9.97 Å². The Labute approximate surface area is 144 Å². The number of fused-ring (bicyclic) bond motifs is 1. The second kappa shape index (κ2) is 7.12. The van der Waals surface area contributed by atoms with Crippen molar-refractivity contribution in [3.8, 4) is 17.2 Å². The SMILES string of the molecule is COc1ccccc1NCc1nc2cc(OC)c(OC)cc2c(=O)[nH]1. The summed E-state index contributed by atoms with van der Waals surface area (Å²) in [5.74, 6) is 2.24. The normalized spacial score (nSPS) is 10.5. The third-order valence-electron chi connectivity index (χ3n) is 3.81. The monoisotopic (exact) mass is 341 g/mol. The van der Waals surface area contributed by atoms with Crippen LogP contribution < -0.4 is 25.1 Å². The average Bonchev–Trinajstić information content (AvgIpc) is 2.65. The summed E-state index contributed by atoms with van der Waals surface area (Å²) in [6.45, 7) is 0.347. The van der Waals surface area contributed by atoms with E-state index in [0.29, 0.717) is 34.8 Å². The van der Waals surface area contributed by atoms with Gasteiger partial charge in [-0.05, 0) is 18.2 Å². The van der Waals surface area contributed by atoms with Gasteiger partial charge in [-0.2, -0.15) is 0 Å². The van der Waals surface area contributed by atoms with Crippen LogP contribution in [0.15, 0.2) is 41.2 Å². The van der Waals surface area contributed by atoms with Crippen LogP contribution in [0.5, 0.6) is 17.2 Å². The fraction of sp³-hybridized carbons (Fsp3) is 0.222. The number of rotatable bonds is 6. The molecule has 0 bridgehead atoms. The van der Waals surface area contributed by atoms with E-state index >= 15 is 0 Å². The summed E-state index contributed by atoms with van der Waals surface area (Å²) in [7, 11) is 4.67. The van der Waals surface area contributed by atoms with Crippen molar-refractivity contribution in [2.75, 3.05) is 26.6 Å². The highest BCUT2D eigenvalue weighted by Crippen LogP contribution is 2.30. The van der Waals surface area contributed by atoms with Crippen molar-refractivity contribution in [2.24, 2.45) is 0 Å². The van der Waals surface area contributed by atoms with Gasteiger partial charge in [0.1, 0.15) is 11.6 Å². The molecule has 0 radical (unpaired) electrons. The second-order valence-corrected chi connectivity index (χ2v) is 5.29. The molecule has 0 aliphatic carbocycles. The number of benzene rings is 2. The molecule has 0 aliphatic rings. The minimum absolute atomic E-state index is 0.234. The maximum absolute atomic E-state index is 12.4. The Morgan fingerprint density at radius 1 is 1.00 bits per heavy atom. The van der Waals surface area contributed by atoms with Crippen molar-refractivity contribution in [3.63, 3.8) is 0 Å². The molecule has 3 rings (SSSR count). The molecule has 2 aromatic carbocycles.